The second kappa shape index (κ2) is 7.29. The van der Waals surface area contributed by atoms with E-state index in [1.807, 2.05) is 30.3 Å². The van der Waals surface area contributed by atoms with Gasteiger partial charge in [-0.05, 0) is 25.8 Å². The zero-order chi connectivity index (χ0) is 15.3. The maximum Gasteiger partial charge on any atom is 0.331 e. The number of ether oxygens (including phenoxy) is 2. The Labute approximate surface area is 130 Å². The average molecular weight is 309 g/mol. The van der Waals surface area contributed by atoms with Gasteiger partial charge in [0.25, 0.3) is 0 Å². The van der Waals surface area contributed by atoms with E-state index < -0.39 is 5.54 Å². The van der Waals surface area contributed by atoms with Crippen LogP contribution < -0.4 is 5.73 Å². The van der Waals surface area contributed by atoms with E-state index in [1.54, 1.807) is 18.7 Å². The Morgan fingerprint density at radius 1 is 1.48 bits per heavy atom. The summed E-state index contributed by atoms with van der Waals surface area (Å²) in [5.74, 6) is 0.129. The second-order valence-electron chi connectivity index (χ2n) is 5.27. The van der Waals surface area contributed by atoms with E-state index in [0.717, 1.165) is 18.6 Å². The molecule has 2 N–H and O–H groups in total. The standard InChI is InChI=1S/C16H23NO3S/c1-3-19-15(18)16(17,13-7-5-4-6-8-13)11-21-14-9-10-20-12(14)2/h4-8,12,14H,3,9-11,17H2,1-2H3. The predicted octanol–water partition coefficient (Wildman–Crippen LogP) is 2.31. The van der Waals surface area contributed by atoms with E-state index in [4.69, 9.17) is 15.2 Å². The van der Waals surface area contributed by atoms with E-state index in [9.17, 15) is 4.79 Å². The van der Waals surface area contributed by atoms with Crippen LogP contribution in [-0.4, -0.2) is 36.3 Å². The Balaban J connectivity index is 2.14. The van der Waals surface area contributed by atoms with Gasteiger partial charge in [-0.25, -0.2) is 4.79 Å². The van der Waals surface area contributed by atoms with Gasteiger partial charge in [0.15, 0.2) is 0 Å². The SMILES string of the molecule is CCOC(=O)C(N)(CSC1CCOC1C)c1ccccc1. The summed E-state index contributed by atoms with van der Waals surface area (Å²) in [4.78, 5) is 12.4. The number of hydrogen-bond donors (Lipinski definition) is 1. The summed E-state index contributed by atoms with van der Waals surface area (Å²) in [5, 5.41) is 0.381. The Morgan fingerprint density at radius 3 is 2.76 bits per heavy atom. The third kappa shape index (κ3) is 3.78. The topological polar surface area (TPSA) is 61.5 Å². The number of esters is 1. The van der Waals surface area contributed by atoms with E-state index in [2.05, 4.69) is 6.92 Å². The Morgan fingerprint density at radius 2 is 2.19 bits per heavy atom. The zero-order valence-corrected chi connectivity index (χ0v) is 13.4. The number of hydrogen-bond acceptors (Lipinski definition) is 5. The van der Waals surface area contributed by atoms with Crippen molar-refractivity contribution >= 4 is 17.7 Å². The number of nitrogens with two attached hydrogens (primary N) is 1. The van der Waals surface area contributed by atoms with Gasteiger partial charge in [0, 0.05) is 17.6 Å². The number of benzene rings is 1. The molecule has 0 aliphatic carbocycles. The smallest absolute Gasteiger partial charge is 0.331 e. The molecule has 3 unspecified atom stereocenters. The zero-order valence-electron chi connectivity index (χ0n) is 12.6. The van der Waals surface area contributed by atoms with Crippen molar-refractivity contribution in [3.05, 3.63) is 35.9 Å². The van der Waals surface area contributed by atoms with Gasteiger partial charge in [-0.15, -0.1) is 0 Å². The van der Waals surface area contributed by atoms with Gasteiger partial charge in [-0.1, -0.05) is 30.3 Å². The van der Waals surface area contributed by atoms with Crippen molar-refractivity contribution in [2.24, 2.45) is 5.73 Å². The lowest BCUT2D eigenvalue weighted by Crippen LogP contribution is -2.49. The van der Waals surface area contributed by atoms with Gasteiger partial charge in [0.1, 0.15) is 5.54 Å². The van der Waals surface area contributed by atoms with Crippen molar-refractivity contribution in [3.8, 4) is 0 Å². The Kier molecular flexibility index (Phi) is 5.67. The summed E-state index contributed by atoms with van der Waals surface area (Å²) >= 11 is 1.70. The van der Waals surface area contributed by atoms with Gasteiger partial charge >= 0.3 is 5.97 Å². The van der Waals surface area contributed by atoms with E-state index in [0.29, 0.717) is 17.6 Å². The second-order valence-corrected chi connectivity index (χ2v) is 6.50. The Bertz CT molecular complexity index is 468. The first-order valence-corrected chi connectivity index (χ1v) is 8.37. The highest BCUT2D eigenvalue weighted by Gasteiger charge is 2.39. The summed E-state index contributed by atoms with van der Waals surface area (Å²) in [7, 11) is 0. The van der Waals surface area contributed by atoms with E-state index in [1.165, 1.54) is 0 Å². The molecule has 1 fully saturated rings. The summed E-state index contributed by atoms with van der Waals surface area (Å²) < 4.78 is 10.8. The van der Waals surface area contributed by atoms with Crippen LogP contribution in [0.15, 0.2) is 30.3 Å². The van der Waals surface area contributed by atoms with Gasteiger partial charge < -0.3 is 15.2 Å². The molecule has 3 atom stereocenters. The molecule has 0 aromatic heterocycles. The lowest BCUT2D eigenvalue weighted by molar-refractivity contribution is -0.149. The fourth-order valence-corrected chi connectivity index (χ4v) is 3.80. The molecular formula is C16H23NO3S. The van der Waals surface area contributed by atoms with Crippen LogP contribution in [0.3, 0.4) is 0 Å². The molecule has 0 radical (unpaired) electrons. The summed E-state index contributed by atoms with van der Waals surface area (Å²) in [6, 6.07) is 9.46. The molecule has 1 aliphatic rings. The van der Waals surface area contributed by atoms with Gasteiger partial charge in [0.2, 0.25) is 0 Å². The molecule has 4 nitrogen and oxygen atoms in total. The third-order valence-corrected chi connectivity index (χ3v) is 5.43. The molecule has 0 spiro atoms. The molecule has 2 rings (SSSR count). The van der Waals surface area contributed by atoms with Crippen molar-refractivity contribution in [3.63, 3.8) is 0 Å². The first-order valence-electron chi connectivity index (χ1n) is 7.32. The van der Waals surface area contributed by atoms with Gasteiger partial charge in [0.05, 0.1) is 12.7 Å². The maximum atomic E-state index is 12.4. The number of carbonyl (C=O) groups is 1. The van der Waals surface area contributed by atoms with Crippen molar-refractivity contribution in [2.75, 3.05) is 19.0 Å². The molecule has 21 heavy (non-hydrogen) atoms. The maximum absolute atomic E-state index is 12.4. The van der Waals surface area contributed by atoms with E-state index in [-0.39, 0.29) is 12.1 Å². The number of thioether (sulfide) groups is 1. The summed E-state index contributed by atoms with van der Waals surface area (Å²) in [6.07, 6.45) is 1.21. The molecule has 1 aliphatic heterocycles. The first kappa shape index (κ1) is 16.3. The monoisotopic (exact) mass is 309 g/mol. The Hall–Kier alpha value is -1.04. The molecule has 0 bridgehead atoms. The average Bonchev–Trinajstić information content (AvgIpc) is 2.91. The number of carbonyl (C=O) groups excluding carboxylic acids is 1. The van der Waals surface area contributed by atoms with Crippen molar-refractivity contribution in [1.29, 1.82) is 0 Å². The summed E-state index contributed by atoms with van der Waals surface area (Å²) in [5.41, 5.74) is 6.12. The largest absolute Gasteiger partial charge is 0.464 e. The van der Waals surface area contributed by atoms with Crippen LogP contribution in [0.5, 0.6) is 0 Å². The summed E-state index contributed by atoms with van der Waals surface area (Å²) in [6.45, 7) is 4.97. The highest BCUT2D eigenvalue weighted by Crippen LogP contribution is 2.32. The lowest BCUT2D eigenvalue weighted by atomic mass is 9.93. The molecule has 116 valence electrons. The minimum Gasteiger partial charge on any atom is -0.464 e. The molecule has 1 aromatic rings. The van der Waals surface area contributed by atoms with Gasteiger partial charge in [-0.2, -0.15) is 11.8 Å². The molecule has 1 aromatic carbocycles. The lowest BCUT2D eigenvalue weighted by Gasteiger charge is -2.29. The van der Waals surface area contributed by atoms with Crippen LogP contribution in [0.25, 0.3) is 0 Å². The van der Waals surface area contributed by atoms with Crippen LogP contribution in [0, 0.1) is 0 Å². The molecule has 0 saturated carbocycles. The first-order chi connectivity index (χ1) is 10.1. The van der Waals surface area contributed by atoms with Crippen LogP contribution in [0.4, 0.5) is 0 Å². The van der Waals surface area contributed by atoms with Crippen molar-refractivity contribution < 1.29 is 14.3 Å². The fraction of sp³-hybridized carbons (Fsp3) is 0.562. The number of rotatable bonds is 6. The van der Waals surface area contributed by atoms with Crippen LogP contribution in [-0.2, 0) is 19.8 Å². The highest BCUT2D eigenvalue weighted by molar-refractivity contribution is 8.00. The van der Waals surface area contributed by atoms with Gasteiger partial charge in [-0.3, -0.25) is 0 Å². The van der Waals surface area contributed by atoms with Crippen LogP contribution >= 0.6 is 11.8 Å². The van der Waals surface area contributed by atoms with E-state index >= 15 is 0 Å². The minimum absolute atomic E-state index is 0.206. The normalized spacial score (nSPS) is 24.5. The molecule has 5 heteroatoms. The molecule has 1 heterocycles. The molecule has 0 amide bonds. The van der Waals surface area contributed by atoms with Crippen LogP contribution in [0.1, 0.15) is 25.8 Å². The molecule has 1 saturated heterocycles. The third-order valence-electron chi connectivity index (χ3n) is 3.76. The molecular weight excluding hydrogens is 286 g/mol. The van der Waals surface area contributed by atoms with Crippen LogP contribution in [0.2, 0.25) is 0 Å². The van der Waals surface area contributed by atoms with Crippen molar-refractivity contribution in [1.82, 2.24) is 0 Å². The highest BCUT2D eigenvalue weighted by atomic mass is 32.2. The minimum atomic E-state index is -1.11. The predicted molar refractivity (Wildman–Crippen MR) is 85.2 cm³/mol. The fourth-order valence-electron chi connectivity index (χ4n) is 2.42. The quantitative estimate of drug-likeness (QED) is 0.817. The van der Waals surface area contributed by atoms with Crippen molar-refractivity contribution in [2.45, 2.75) is 37.2 Å².